The van der Waals surface area contributed by atoms with Gasteiger partial charge in [0.15, 0.2) is 0 Å². The van der Waals surface area contributed by atoms with E-state index in [4.69, 9.17) is 0 Å². The van der Waals surface area contributed by atoms with Gasteiger partial charge >= 0.3 is 6.18 Å². The number of thiazole rings is 1. The van der Waals surface area contributed by atoms with Gasteiger partial charge in [0.05, 0.1) is 29.9 Å². The fourth-order valence-electron chi connectivity index (χ4n) is 3.70. The molecular weight excluding hydrogens is 401 g/mol. The van der Waals surface area contributed by atoms with Gasteiger partial charge in [-0.15, -0.1) is 11.3 Å². The van der Waals surface area contributed by atoms with E-state index in [2.05, 4.69) is 17.0 Å². The third-order valence-electron chi connectivity index (χ3n) is 5.05. The molecule has 0 N–H and O–H groups in total. The van der Waals surface area contributed by atoms with Gasteiger partial charge in [-0.3, -0.25) is 9.69 Å². The van der Waals surface area contributed by atoms with Crippen LogP contribution in [-0.2, 0) is 17.4 Å². The maximum absolute atomic E-state index is 13.0. The van der Waals surface area contributed by atoms with Crippen LogP contribution in [0.25, 0.3) is 10.6 Å². The molecule has 3 aromatic rings. The molecule has 9 heteroatoms. The Bertz CT molecular complexity index is 1030. The highest BCUT2D eigenvalue weighted by molar-refractivity contribution is 7.13. The molecule has 1 aromatic carbocycles. The van der Waals surface area contributed by atoms with Crippen LogP contribution < -0.4 is 4.90 Å². The molecule has 29 heavy (non-hydrogen) atoms. The fourth-order valence-corrected chi connectivity index (χ4v) is 4.52. The largest absolute Gasteiger partial charge is 0.416 e. The second-order valence-electron chi connectivity index (χ2n) is 7.23. The number of carbonyl (C=O) groups is 1. The number of benzene rings is 1. The number of amides is 1. The van der Waals surface area contributed by atoms with E-state index in [1.165, 1.54) is 23.5 Å². The Morgan fingerprint density at radius 1 is 1.17 bits per heavy atom. The number of hydrogen-bond acceptors (Lipinski definition) is 4. The van der Waals surface area contributed by atoms with Gasteiger partial charge in [0, 0.05) is 23.1 Å². The normalized spacial score (nSPS) is 19.3. The van der Waals surface area contributed by atoms with Gasteiger partial charge in [-0.1, -0.05) is 12.1 Å². The molecule has 5 nitrogen and oxygen atoms in total. The molecule has 0 bridgehead atoms. The Morgan fingerprint density at radius 2 is 1.90 bits per heavy atom. The molecule has 1 aliphatic rings. The van der Waals surface area contributed by atoms with E-state index in [0.29, 0.717) is 16.3 Å². The number of anilines is 1. The first-order valence-corrected chi connectivity index (χ1v) is 10.1. The second-order valence-corrected chi connectivity index (χ2v) is 8.09. The van der Waals surface area contributed by atoms with Crippen LogP contribution in [0.2, 0.25) is 0 Å². The molecule has 1 aliphatic heterocycles. The number of halogens is 3. The lowest BCUT2D eigenvalue weighted by Gasteiger charge is -2.36. The van der Waals surface area contributed by atoms with Crippen molar-refractivity contribution in [2.75, 3.05) is 4.90 Å². The van der Waals surface area contributed by atoms with E-state index in [1.807, 2.05) is 17.7 Å². The number of nitrogens with zero attached hydrogens (tertiary/aromatic N) is 4. The first-order valence-electron chi connectivity index (χ1n) is 9.21. The minimum absolute atomic E-state index is 0.0507. The van der Waals surface area contributed by atoms with Gasteiger partial charge < -0.3 is 0 Å². The van der Waals surface area contributed by atoms with Gasteiger partial charge in [0.2, 0.25) is 5.91 Å². The van der Waals surface area contributed by atoms with Crippen molar-refractivity contribution in [3.63, 3.8) is 0 Å². The SMILES string of the molecule is C[C@@H]1C[C@H](C)N(C(=O)Cc2csc(-c3ccc(C(F)(F)F)cc3)n2)c2ccnn21. The maximum Gasteiger partial charge on any atom is 0.416 e. The van der Waals surface area contributed by atoms with Gasteiger partial charge in [-0.25, -0.2) is 9.67 Å². The molecular formula is C20H19F3N4OS. The van der Waals surface area contributed by atoms with Crippen LogP contribution >= 0.6 is 11.3 Å². The highest BCUT2D eigenvalue weighted by Crippen LogP contribution is 2.33. The first kappa shape index (κ1) is 19.6. The van der Waals surface area contributed by atoms with E-state index in [1.54, 1.807) is 16.5 Å². The lowest BCUT2D eigenvalue weighted by atomic mass is 10.0. The quantitative estimate of drug-likeness (QED) is 0.602. The number of carbonyl (C=O) groups excluding carboxylic acids is 1. The molecule has 0 unspecified atom stereocenters. The molecule has 2 aromatic heterocycles. The molecule has 0 aliphatic carbocycles. The highest BCUT2D eigenvalue weighted by atomic mass is 32.1. The molecule has 0 saturated heterocycles. The summed E-state index contributed by atoms with van der Waals surface area (Å²) in [4.78, 5) is 19.2. The number of fused-ring (bicyclic) bond motifs is 1. The van der Waals surface area contributed by atoms with Crippen molar-refractivity contribution < 1.29 is 18.0 Å². The van der Waals surface area contributed by atoms with Crippen LogP contribution in [0.15, 0.2) is 41.9 Å². The smallest absolute Gasteiger partial charge is 0.294 e. The van der Waals surface area contributed by atoms with Crippen molar-refractivity contribution in [3.05, 3.63) is 53.2 Å². The number of aromatic nitrogens is 3. The van der Waals surface area contributed by atoms with Crippen LogP contribution in [-0.4, -0.2) is 26.7 Å². The van der Waals surface area contributed by atoms with Crippen molar-refractivity contribution in [2.24, 2.45) is 0 Å². The van der Waals surface area contributed by atoms with E-state index in [-0.39, 0.29) is 24.4 Å². The first-order chi connectivity index (χ1) is 13.7. The second kappa shape index (κ2) is 7.29. The van der Waals surface area contributed by atoms with Gasteiger partial charge in [0.25, 0.3) is 0 Å². The number of alkyl halides is 3. The summed E-state index contributed by atoms with van der Waals surface area (Å²) in [5.41, 5.74) is 0.504. The minimum Gasteiger partial charge on any atom is -0.294 e. The summed E-state index contributed by atoms with van der Waals surface area (Å²) < 4.78 is 40.0. The Balaban J connectivity index is 1.51. The summed E-state index contributed by atoms with van der Waals surface area (Å²) in [6.45, 7) is 4.09. The van der Waals surface area contributed by atoms with Crippen molar-refractivity contribution in [1.82, 2.24) is 14.8 Å². The van der Waals surface area contributed by atoms with Crippen molar-refractivity contribution in [2.45, 2.75) is 44.9 Å². The molecule has 3 heterocycles. The van der Waals surface area contributed by atoms with E-state index < -0.39 is 11.7 Å². The fraction of sp³-hybridized carbons (Fsp3) is 0.350. The van der Waals surface area contributed by atoms with E-state index >= 15 is 0 Å². The molecule has 0 radical (unpaired) electrons. The average Bonchev–Trinajstić information content (AvgIpc) is 3.31. The lowest BCUT2D eigenvalue weighted by Crippen LogP contribution is -2.45. The summed E-state index contributed by atoms with van der Waals surface area (Å²) in [7, 11) is 0. The number of rotatable bonds is 3. The van der Waals surface area contributed by atoms with E-state index in [0.717, 1.165) is 24.4 Å². The van der Waals surface area contributed by atoms with Crippen molar-refractivity contribution >= 4 is 23.1 Å². The molecule has 152 valence electrons. The lowest BCUT2D eigenvalue weighted by molar-refractivity contribution is -0.137. The van der Waals surface area contributed by atoms with Crippen molar-refractivity contribution in [1.29, 1.82) is 0 Å². The van der Waals surface area contributed by atoms with Crippen LogP contribution in [0, 0.1) is 0 Å². The minimum atomic E-state index is -4.37. The Hall–Kier alpha value is -2.68. The predicted octanol–water partition coefficient (Wildman–Crippen LogP) is 4.95. The molecule has 1 amide bonds. The summed E-state index contributed by atoms with van der Waals surface area (Å²) in [5, 5.41) is 6.68. The zero-order chi connectivity index (χ0) is 20.8. The highest BCUT2D eigenvalue weighted by Gasteiger charge is 2.33. The van der Waals surface area contributed by atoms with Gasteiger partial charge in [0.1, 0.15) is 10.8 Å². The maximum atomic E-state index is 13.0. The molecule has 0 fully saturated rings. The average molecular weight is 420 g/mol. The third kappa shape index (κ3) is 3.78. The van der Waals surface area contributed by atoms with Crippen molar-refractivity contribution in [3.8, 4) is 10.6 Å². The zero-order valence-corrected chi connectivity index (χ0v) is 16.7. The van der Waals surface area contributed by atoms with Gasteiger partial charge in [-0.2, -0.15) is 18.3 Å². The Morgan fingerprint density at radius 3 is 2.59 bits per heavy atom. The molecule has 4 rings (SSSR count). The summed E-state index contributed by atoms with van der Waals surface area (Å²) in [5.74, 6) is 0.704. The molecule has 0 saturated carbocycles. The monoisotopic (exact) mass is 420 g/mol. The summed E-state index contributed by atoms with van der Waals surface area (Å²) in [6, 6.07) is 7.00. The Kier molecular flexibility index (Phi) is 4.94. The Labute approximate surface area is 169 Å². The van der Waals surface area contributed by atoms with Crippen LogP contribution in [0.3, 0.4) is 0 Å². The summed E-state index contributed by atoms with van der Waals surface area (Å²) in [6.07, 6.45) is -1.74. The van der Waals surface area contributed by atoms with Crippen LogP contribution in [0.4, 0.5) is 19.0 Å². The van der Waals surface area contributed by atoms with Crippen LogP contribution in [0.1, 0.15) is 37.6 Å². The third-order valence-corrected chi connectivity index (χ3v) is 5.99. The zero-order valence-electron chi connectivity index (χ0n) is 15.8. The molecule has 0 spiro atoms. The topological polar surface area (TPSA) is 51.0 Å². The predicted molar refractivity (Wildman–Crippen MR) is 105 cm³/mol. The van der Waals surface area contributed by atoms with Crippen LogP contribution in [0.5, 0.6) is 0 Å². The number of hydrogen-bond donors (Lipinski definition) is 0. The van der Waals surface area contributed by atoms with Gasteiger partial charge in [-0.05, 0) is 32.4 Å². The summed E-state index contributed by atoms with van der Waals surface area (Å²) >= 11 is 1.31. The molecule has 2 atom stereocenters. The standard InChI is InChI=1S/C20H19F3N4OS/c1-12-9-13(2)27-17(7-8-24-27)26(12)18(28)10-16-11-29-19(25-16)14-3-5-15(6-4-14)20(21,22)23/h3-8,11-13H,9-10H2,1-2H3/t12-,13+/m0/s1. The van der Waals surface area contributed by atoms with E-state index in [9.17, 15) is 18.0 Å².